The number of rotatable bonds is 7. The van der Waals surface area contributed by atoms with Crippen LogP contribution in [-0.2, 0) is 21.4 Å². The minimum absolute atomic E-state index is 0.285. The highest BCUT2D eigenvalue weighted by Crippen LogP contribution is 2.32. The molecule has 4 nitrogen and oxygen atoms in total. The molecule has 0 unspecified atom stereocenters. The molecule has 0 aromatic heterocycles. The van der Waals surface area contributed by atoms with Crippen LogP contribution >= 0.6 is 11.6 Å². The lowest BCUT2D eigenvalue weighted by atomic mass is 9.75. The van der Waals surface area contributed by atoms with Crippen molar-refractivity contribution in [2.24, 2.45) is 5.73 Å². The Kier molecular flexibility index (Phi) is 6.35. The standard InChI is InChI=1S/C24H23ClN2O2/c1-24(18-8-4-2-5-9-18,19-10-6-3-7-11-19)23(29)27-21(22(26)28)16-17-12-14-20(25)15-13-17/h2-15,21H,16H2,1H3,(H2,26,28)(H,27,29)/t21-/m1/s1. The maximum absolute atomic E-state index is 13.5. The molecule has 0 spiro atoms. The topological polar surface area (TPSA) is 72.2 Å². The van der Waals surface area contributed by atoms with Crippen LogP contribution in [-0.4, -0.2) is 17.9 Å². The zero-order valence-corrected chi connectivity index (χ0v) is 16.9. The summed E-state index contributed by atoms with van der Waals surface area (Å²) in [5.74, 6) is -0.871. The minimum Gasteiger partial charge on any atom is -0.368 e. The highest BCUT2D eigenvalue weighted by molar-refractivity contribution is 6.30. The number of carbonyl (C=O) groups is 2. The number of amides is 2. The number of primary amides is 1. The first-order valence-corrected chi connectivity index (χ1v) is 9.75. The first-order chi connectivity index (χ1) is 13.9. The van der Waals surface area contributed by atoms with Crippen molar-refractivity contribution in [2.75, 3.05) is 0 Å². The van der Waals surface area contributed by atoms with E-state index in [9.17, 15) is 9.59 Å². The second-order valence-electron chi connectivity index (χ2n) is 7.12. The summed E-state index contributed by atoms with van der Waals surface area (Å²) in [6.45, 7) is 1.85. The van der Waals surface area contributed by atoms with Crippen LogP contribution in [0.3, 0.4) is 0 Å². The third kappa shape index (κ3) is 4.66. The van der Waals surface area contributed by atoms with Gasteiger partial charge in [0.2, 0.25) is 11.8 Å². The predicted molar refractivity (Wildman–Crippen MR) is 116 cm³/mol. The number of nitrogens with one attached hydrogen (secondary N) is 1. The molecule has 2 amide bonds. The average Bonchev–Trinajstić information content (AvgIpc) is 2.75. The fourth-order valence-electron chi connectivity index (χ4n) is 3.35. The molecule has 0 heterocycles. The van der Waals surface area contributed by atoms with E-state index in [1.807, 2.05) is 79.7 Å². The molecule has 3 aromatic carbocycles. The number of benzene rings is 3. The molecule has 3 N–H and O–H groups in total. The molecule has 1 atom stereocenters. The van der Waals surface area contributed by atoms with E-state index >= 15 is 0 Å². The fraction of sp³-hybridized carbons (Fsp3) is 0.167. The summed E-state index contributed by atoms with van der Waals surface area (Å²) in [4.78, 5) is 25.6. The second-order valence-corrected chi connectivity index (χ2v) is 7.55. The average molecular weight is 407 g/mol. The quantitative estimate of drug-likeness (QED) is 0.625. The fourth-order valence-corrected chi connectivity index (χ4v) is 3.48. The summed E-state index contributed by atoms with van der Waals surface area (Å²) in [6, 6.07) is 25.3. The van der Waals surface area contributed by atoms with Crippen molar-refractivity contribution in [3.05, 3.63) is 107 Å². The Balaban J connectivity index is 1.92. The molecular formula is C24H23ClN2O2. The summed E-state index contributed by atoms with van der Waals surface area (Å²) < 4.78 is 0. The van der Waals surface area contributed by atoms with Crippen LogP contribution in [0.2, 0.25) is 5.02 Å². The van der Waals surface area contributed by atoms with Gasteiger partial charge in [0.1, 0.15) is 6.04 Å². The van der Waals surface area contributed by atoms with Gasteiger partial charge in [-0.1, -0.05) is 84.4 Å². The molecule has 3 aromatic rings. The molecule has 0 saturated heterocycles. The molecule has 0 radical (unpaired) electrons. The van der Waals surface area contributed by atoms with Crippen molar-refractivity contribution in [1.82, 2.24) is 5.32 Å². The number of nitrogens with two attached hydrogens (primary N) is 1. The second kappa shape index (κ2) is 8.93. The van der Waals surface area contributed by atoms with E-state index in [4.69, 9.17) is 17.3 Å². The van der Waals surface area contributed by atoms with E-state index in [0.717, 1.165) is 16.7 Å². The van der Waals surface area contributed by atoms with Crippen LogP contribution in [0.15, 0.2) is 84.9 Å². The molecule has 0 aliphatic heterocycles. The molecule has 0 saturated carbocycles. The van der Waals surface area contributed by atoms with Gasteiger partial charge in [0.25, 0.3) is 0 Å². The van der Waals surface area contributed by atoms with Crippen molar-refractivity contribution < 1.29 is 9.59 Å². The van der Waals surface area contributed by atoms with Crippen molar-refractivity contribution >= 4 is 23.4 Å². The van der Waals surface area contributed by atoms with E-state index in [1.54, 1.807) is 12.1 Å². The van der Waals surface area contributed by atoms with E-state index in [2.05, 4.69) is 5.32 Å². The summed E-state index contributed by atoms with van der Waals surface area (Å²) in [7, 11) is 0. The molecule has 0 aliphatic carbocycles. The van der Waals surface area contributed by atoms with Crippen LogP contribution in [0.25, 0.3) is 0 Å². The third-order valence-corrected chi connectivity index (χ3v) is 5.41. The van der Waals surface area contributed by atoms with Gasteiger partial charge in [-0.05, 0) is 35.7 Å². The summed E-state index contributed by atoms with van der Waals surface area (Å²) in [5.41, 5.74) is 7.15. The van der Waals surface area contributed by atoms with E-state index < -0.39 is 17.4 Å². The van der Waals surface area contributed by atoms with E-state index in [0.29, 0.717) is 5.02 Å². The van der Waals surface area contributed by atoms with Crippen LogP contribution in [0.1, 0.15) is 23.6 Å². The molecule has 0 bridgehead atoms. The number of carbonyl (C=O) groups excluding carboxylic acids is 2. The molecule has 0 fully saturated rings. The minimum atomic E-state index is -0.976. The van der Waals surface area contributed by atoms with Crippen LogP contribution in [0.4, 0.5) is 0 Å². The van der Waals surface area contributed by atoms with Gasteiger partial charge in [0.15, 0.2) is 0 Å². The first-order valence-electron chi connectivity index (χ1n) is 9.37. The zero-order chi connectivity index (χ0) is 20.9. The van der Waals surface area contributed by atoms with Gasteiger partial charge in [-0.15, -0.1) is 0 Å². The van der Waals surface area contributed by atoms with Crippen molar-refractivity contribution in [2.45, 2.75) is 24.8 Å². The Bertz CT molecular complexity index is 933. The summed E-state index contributed by atoms with van der Waals surface area (Å²) >= 11 is 5.93. The first kappa shape index (κ1) is 20.6. The number of hydrogen-bond donors (Lipinski definition) is 2. The van der Waals surface area contributed by atoms with E-state index in [1.165, 1.54) is 0 Å². The Morgan fingerprint density at radius 2 is 1.38 bits per heavy atom. The van der Waals surface area contributed by atoms with Gasteiger partial charge >= 0.3 is 0 Å². The van der Waals surface area contributed by atoms with Gasteiger partial charge in [-0.25, -0.2) is 0 Å². The van der Waals surface area contributed by atoms with Crippen LogP contribution in [0.5, 0.6) is 0 Å². The summed E-state index contributed by atoms with van der Waals surface area (Å²) in [6.07, 6.45) is 0.290. The third-order valence-electron chi connectivity index (χ3n) is 5.16. The summed E-state index contributed by atoms with van der Waals surface area (Å²) in [5, 5.41) is 3.48. The van der Waals surface area contributed by atoms with Gasteiger partial charge in [0.05, 0.1) is 5.41 Å². The lowest BCUT2D eigenvalue weighted by molar-refractivity contribution is -0.129. The van der Waals surface area contributed by atoms with Crippen molar-refractivity contribution in [3.8, 4) is 0 Å². The van der Waals surface area contributed by atoms with Gasteiger partial charge < -0.3 is 11.1 Å². The van der Waals surface area contributed by atoms with Gasteiger partial charge in [0, 0.05) is 11.4 Å². The Morgan fingerprint density at radius 1 is 0.897 bits per heavy atom. The Labute approximate surface area is 175 Å². The molecule has 3 rings (SSSR count). The monoisotopic (exact) mass is 406 g/mol. The van der Waals surface area contributed by atoms with Crippen molar-refractivity contribution in [1.29, 1.82) is 0 Å². The van der Waals surface area contributed by atoms with Crippen LogP contribution < -0.4 is 11.1 Å². The molecule has 29 heavy (non-hydrogen) atoms. The predicted octanol–water partition coefficient (Wildman–Crippen LogP) is 3.86. The maximum atomic E-state index is 13.5. The lowest BCUT2D eigenvalue weighted by Gasteiger charge is -2.31. The SMILES string of the molecule is CC(C(=O)N[C@H](Cc1ccc(Cl)cc1)C(N)=O)(c1ccccc1)c1ccccc1. The zero-order valence-electron chi connectivity index (χ0n) is 16.1. The Morgan fingerprint density at radius 3 is 1.83 bits per heavy atom. The Hall–Kier alpha value is -3.11. The van der Waals surface area contributed by atoms with Gasteiger partial charge in [-0.3, -0.25) is 9.59 Å². The van der Waals surface area contributed by atoms with E-state index in [-0.39, 0.29) is 12.3 Å². The largest absolute Gasteiger partial charge is 0.368 e. The molecule has 5 heteroatoms. The number of halogens is 1. The lowest BCUT2D eigenvalue weighted by Crippen LogP contribution is -2.52. The van der Waals surface area contributed by atoms with Crippen LogP contribution in [0, 0.1) is 0 Å². The molecule has 0 aliphatic rings. The number of hydrogen-bond acceptors (Lipinski definition) is 2. The van der Waals surface area contributed by atoms with Gasteiger partial charge in [-0.2, -0.15) is 0 Å². The molecule has 148 valence electrons. The normalized spacial score (nSPS) is 12.2. The highest BCUT2D eigenvalue weighted by atomic mass is 35.5. The smallest absolute Gasteiger partial charge is 0.240 e. The van der Waals surface area contributed by atoms with Crippen molar-refractivity contribution in [3.63, 3.8) is 0 Å². The maximum Gasteiger partial charge on any atom is 0.240 e. The molecular weight excluding hydrogens is 384 g/mol. The highest BCUT2D eigenvalue weighted by Gasteiger charge is 2.38.